The van der Waals surface area contributed by atoms with Crippen molar-refractivity contribution in [3.63, 3.8) is 0 Å². The molecule has 0 aromatic heterocycles. The molecule has 0 radical (unpaired) electrons. The van der Waals surface area contributed by atoms with Crippen LogP contribution in [-0.4, -0.2) is 13.0 Å². The molecule has 0 unspecified atom stereocenters. The van der Waals surface area contributed by atoms with E-state index >= 15 is 0 Å². The molecule has 1 heterocycles. The van der Waals surface area contributed by atoms with Gasteiger partial charge in [-0.15, -0.1) is 0 Å². The third kappa shape index (κ3) is 1.37. The lowest BCUT2D eigenvalue weighted by Gasteiger charge is -2.16. The van der Waals surface area contributed by atoms with E-state index < -0.39 is 0 Å². The largest absolute Gasteiger partial charge is 0.496 e. The molecule has 1 aliphatic rings. The van der Waals surface area contributed by atoms with E-state index in [1.807, 2.05) is 25.1 Å². The molecule has 13 heavy (non-hydrogen) atoms. The third-order valence-electron chi connectivity index (χ3n) is 2.03. The van der Waals surface area contributed by atoms with Gasteiger partial charge in [0.1, 0.15) is 12.4 Å². The molecular weight excluding hydrogens is 166 g/mol. The van der Waals surface area contributed by atoms with Gasteiger partial charge in [0.25, 0.3) is 0 Å². The maximum atomic E-state index is 5.32. The van der Waals surface area contributed by atoms with Crippen molar-refractivity contribution in [3.8, 4) is 5.75 Å². The first kappa shape index (κ1) is 8.10. The van der Waals surface area contributed by atoms with Crippen LogP contribution in [-0.2, 0) is 11.3 Å². The SMILES string of the molecule is COc1cccc2c1COC(C)=N2. The number of aliphatic imine (C=N–C) groups is 1. The molecule has 0 saturated carbocycles. The van der Waals surface area contributed by atoms with Crippen LogP contribution in [0, 0.1) is 0 Å². The predicted octanol–water partition coefficient (Wildman–Crippen LogP) is 2.28. The Balaban J connectivity index is 2.52. The number of ether oxygens (including phenoxy) is 2. The molecule has 0 N–H and O–H groups in total. The second-order valence-electron chi connectivity index (χ2n) is 2.88. The van der Waals surface area contributed by atoms with Gasteiger partial charge in [0, 0.05) is 6.92 Å². The molecule has 0 amide bonds. The lowest BCUT2D eigenvalue weighted by Crippen LogP contribution is -2.06. The Kier molecular flexibility index (Phi) is 1.93. The maximum absolute atomic E-state index is 5.32. The first-order valence-corrected chi connectivity index (χ1v) is 4.15. The molecule has 3 heteroatoms. The zero-order valence-electron chi connectivity index (χ0n) is 7.70. The fraction of sp³-hybridized carbons (Fsp3) is 0.300. The Morgan fingerprint density at radius 3 is 3.08 bits per heavy atom. The molecule has 0 spiro atoms. The smallest absolute Gasteiger partial charge is 0.185 e. The maximum Gasteiger partial charge on any atom is 0.185 e. The van der Waals surface area contributed by atoms with Crippen LogP contribution in [0.4, 0.5) is 5.69 Å². The van der Waals surface area contributed by atoms with E-state index in [-0.39, 0.29) is 0 Å². The van der Waals surface area contributed by atoms with Crippen molar-refractivity contribution in [2.24, 2.45) is 4.99 Å². The average molecular weight is 177 g/mol. The summed E-state index contributed by atoms with van der Waals surface area (Å²) in [6.07, 6.45) is 0. The van der Waals surface area contributed by atoms with Crippen LogP contribution in [0.1, 0.15) is 12.5 Å². The Labute approximate surface area is 77.0 Å². The predicted molar refractivity (Wildman–Crippen MR) is 50.6 cm³/mol. The quantitative estimate of drug-likeness (QED) is 0.658. The minimum Gasteiger partial charge on any atom is -0.496 e. The fourth-order valence-electron chi connectivity index (χ4n) is 1.37. The van der Waals surface area contributed by atoms with Crippen molar-refractivity contribution in [2.75, 3.05) is 7.11 Å². The number of hydrogen-bond donors (Lipinski definition) is 0. The average Bonchev–Trinajstić information content (AvgIpc) is 2.16. The second-order valence-corrected chi connectivity index (χ2v) is 2.88. The zero-order valence-corrected chi connectivity index (χ0v) is 7.70. The normalized spacial score (nSPS) is 14.2. The summed E-state index contributed by atoms with van der Waals surface area (Å²) >= 11 is 0. The van der Waals surface area contributed by atoms with Gasteiger partial charge in [0.05, 0.1) is 18.4 Å². The van der Waals surface area contributed by atoms with Crippen LogP contribution < -0.4 is 4.74 Å². The standard InChI is InChI=1S/C10H11NO2/c1-7-11-9-4-3-5-10(12-2)8(9)6-13-7/h3-5H,6H2,1-2H3. The Bertz CT molecular complexity index is 358. The minimum atomic E-state index is 0.550. The highest BCUT2D eigenvalue weighted by atomic mass is 16.5. The third-order valence-corrected chi connectivity index (χ3v) is 2.03. The lowest BCUT2D eigenvalue weighted by atomic mass is 10.1. The molecule has 0 aliphatic carbocycles. The number of rotatable bonds is 1. The van der Waals surface area contributed by atoms with Crippen molar-refractivity contribution in [1.29, 1.82) is 0 Å². The highest BCUT2D eigenvalue weighted by Gasteiger charge is 2.13. The summed E-state index contributed by atoms with van der Waals surface area (Å²) < 4.78 is 10.5. The van der Waals surface area contributed by atoms with Crippen LogP contribution in [0.2, 0.25) is 0 Å². The molecule has 68 valence electrons. The van der Waals surface area contributed by atoms with Crippen LogP contribution in [0.15, 0.2) is 23.2 Å². The van der Waals surface area contributed by atoms with Gasteiger partial charge in [-0.05, 0) is 12.1 Å². The monoisotopic (exact) mass is 177 g/mol. The van der Waals surface area contributed by atoms with E-state index in [9.17, 15) is 0 Å². The van der Waals surface area contributed by atoms with E-state index in [1.54, 1.807) is 7.11 Å². The molecule has 1 aliphatic heterocycles. The first-order valence-electron chi connectivity index (χ1n) is 4.15. The number of fused-ring (bicyclic) bond motifs is 1. The molecule has 1 aromatic carbocycles. The van der Waals surface area contributed by atoms with E-state index in [4.69, 9.17) is 9.47 Å². The molecule has 0 bridgehead atoms. The topological polar surface area (TPSA) is 30.8 Å². The van der Waals surface area contributed by atoms with Gasteiger partial charge < -0.3 is 9.47 Å². The molecule has 2 rings (SSSR count). The molecule has 3 nitrogen and oxygen atoms in total. The Hall–Kier alpha value is -1.51. The summed E-state index contributed by atoms with van der Waals surface area (Å²) in [4.78, 5) is 4.27. The number of hydrogen-bond acceptors (Lipinski definition) is 3. The van der Waals surface area contributed by atoms with Gasteiger partial charge >= 0.3 is 0 Å². The van der Waals surface area contributed by atoms with E-state index in [2.05, 4.69) is 4.99 Å². The number of nitrogens with zero attached hydrogens (tertiary/aromatic N) is 1. The Morgan fingerprint density at radius 2 is 2.31 bits per heavy atom. The second kappa shape index (κ2) is 3.09. The van der Waals surface area contributed by atoms with Crippen molar-refractivity contribution < 1.29 is 9.47 Å². The lowest BCUT2D eigenvalue weighted by molar-refractivity contribution is 0.276. The van der Waals surface area contributed by atoms with Gasteiger partial charge in [-0.2, -0.15) is 0 Å². The molecule has 1 aromatic rings. The van der Waals surface area contributed by atoms with E-state index in [1.165, 1.54) is 0 Å². The van der Waals surface area contributed by atoms with E-state index in [0.29, 0.717) is 12.5 Å². The van der Waals surface area contributed by atoms with Crippen molar-refractivity contribution in [2.45, 2.75) is 13.5 Å². The summed E-state index contributed by atoms with van der Waals surface area (Å²) in [5, 5.41) is 0. The van der Waals surface area contributed by atoms with Crippen molar-refractivity contribution in [3.05, 3.63) is 23.8 Å². The summed E-state index contributed by atoms with van der Waals surface area (Å²) in [5.74, 6) is 1.55. The van der Waals surface area contributed by atoms with Crippen LogP contribution in [0.5, 0.6) is 5.75 Å². The van der Waals surface area contributed by atoms with Gasteiger partial charge in [0.2, 0.25) is 0 Å². The number of methoxy groups -OCH3 is 1. The summed E-state index contributed by atoms with van der Waals surface area (Å²) in [5.41, 5.74) is 1.97. The van der Waals surface area contributed by atoms with Gasteiger partial charge in [-0.3, -0.25) is 0 Å². The molecule has 0 atom stereocenters. The highest BCUT2D eigenvalue weighted by Crippen LogP contribution is 2.31. The highest BCUT2D eigenvalue weighted by molar-refractivity contribution is 5.79. The zero-order chi connectivity index (χ0) is 9.26. The van der Waals surface area contributed by atoms with E-state index in [0.717, 1.165) is 17.0 Å². The summed E-state index contributed by atoms with van der Waals surface area (Å²) in [6, 6.07) is 5.81. The first-order chi connectivity index (χ1) is 6.31. The van der Waals surface area contributed by atoms with Crippen LogP contribution in [0.3, 0.4) is 0 Å². The van der Waals surface area contributed by atoms with Crippen molar-refractivity contribution >= 4 is 11.6 Å². The van der Waals surface area contributed by atoms with Crippen LogP contribution >= 0.6 is 0 Å². The molecule has 0 saturated heterocycles. The summed E-state index contributed by atoms with van der Waals surface area (Å²) in [6.45, 7) is 2.40. The summed E-state index contributed by atoms with van der Waals surface area (Å²) in [7, 11) is 1.65. The molecular formula is C10H11NO2. The Morgan fingerprint density at radius 1 is 1.46 bits per heavy atom. The van der Waals surface area contributed by atoms with Gasteiger partial charge in [0.15, 0.2) is 5.90 Å². The molecule has 0 fully saturated rings. The number of benzene rings is 1. The van der Waals surface area contributed by atoms with Crippen molar-refractivity contribution in [1.82, 2.24) is 0 Å². The van der Waals surface area contributed by atoms with Gasteiger partial charge in [-0.1, -0.05) is 6.07 Å². The van der Waals surface area contributed by atoms with Crippen LogP contribution in [0.25, 0.3) is 0 Å². The fourth-order valence-corrected chi connectivity index (χ4v) is 1.37. The van der Waals surface area contributed by atoms with Gasteiger partial charge in [-0.25, -0.2) is 4.99 Å². The minimum absolute atomic E-state index is 0.550.